The number of allylic oxidation sites excluding steroid dienone is 1. The van der Waals surface area contributed by atoms with Crippen LogP contribution in [-0.4, -0.2) is 13.1 Å². The van der Waals surface area contributed by atoms with Crippen molar-refractivity contribution in [1.82, 2.24) is 5.32 Å². The lowest BCUT2D eigenvalue weighted by molar-refractivity contribution is 0.258. The third-order valence-electron chi connectivity index (χ3n) is 3.41. The second-order valence-electron chi connectivity index (χ2n) is 5.08. The Morgan fingerprint density at radius 2 is 1.79 bits per heavy atom. The van der Waals surface area contributed by atoms with Crippen molar-refractivity contribution in [3.63, 3.8) is 0 Å². The van der Waals surface area contributed by atoms with E-state index >= 15 is 0 Å². The molecule has 1 aliphatic rings. The van der Waals surface area contributed by atoms with Crippen LogP contribution in [-0.2, 0) is 0 Å². The van der Waals surface area contributed by atoms with Crippen molar-refractivity contribution in [3.05, 3.63) is 11.6 Å². The van der Waals surface area contributed by atoms with Crippen LogP contribution in [0.5, 0.6) is 0 Å². The van der Waals surface area contributed by atoms with Gasteiger partial charge in [-0.1, -0.05) is 31.4 Å². The quantitative estimate of drug-likeness (QED) is 0.681. The molecule has 1 N–H and O–H groups in total. The third kappa shape index (κ3) is 3.45. The third-order valence-corrected chi connectivity index (χ3v) is 3.41. The number of rotatable bonds is 3. The Labute approximate surface area is 89.0 Å². The summed E-state index contributed by atoms with van der Waals surface area (Å²) < 4.78 is 0. The summed E-state index contributed by atoms with van der Waals surface area (Å²) in [7, 11) is 2.09. The van der Waals surface area contributed by atoms with E-state index < -0.39 is 0 Å². The van der Waals surface area contributed by atoms with Gasteiger partial charge in [-0.2, -0.15) is 0 Å². The van der Waals surface area contributed by atoms with E-state index in [1.807, 2.05) is 0 Å². The molecular weight excluding hydrogens is 170 g/mol. The van der Waals surface area contributed by atoms with E-state index in [2.05, 4.69) is 39.2 Å². The van der Waals surface area contributed by atoms with Gasteiger partial charge in [-0.05, 0) is 45.6 Å². The van der Waals surface area contributed by atoms with E-state index in [0.29, 0.717) is 6.04 Å². The summed E-state index contributed by atoms with van der Waals surface area (Å²) in [6.07, 6.45) is 8.02. The summed E-state index contributed by atoms with van der Waals surface area (Å²) >= 11 is 0. The first-order valence-corrected chi connectivity index (χ1v) is 5.95. The Kier molecular flexibility index (Phi) is 4.67. The molecule has 1 rings (SSSR count). The molecule has 0 aromatic heterocycles. The smallest absolute Gasteiger partial charge is 0.0277 e. The summed E-state index contributed by atoms with van der Waals surface area (Å²) in [4.78, 5) is 0. The topological polar surface area (TPSA) is 12.0 Å². The van der Waals surface area contributed by atoms with Crippen molar-refractivity contribution in [2.45, 2.75) is 52.5 Å². The Hall–Kier alpha value is -0.300. The molecule has 1 saturated carbocycles. The molecule has 1 aliphatic carbocycles. The van der Waals surface area contributed by atoms with Crippen LogP contribution in [0.25, 0.3) is 0 Å². The van der Waals surface area contributed by atoms with Crippen LogP contribution in [0.3, 0.4) is 0 Å². The fourth-order valence-electron chi connectivity index (χ4n) is 2.46. The molecule has 1 nitrogen and oxygen atoms in total. The van der Waals surface area contributed by atoms with Crippen LogP contribution in [0.4, 0.5) is 0 Å². The van der Waals surface area contributed by atoms with Gasteiger partial charge >= 0.3 is 0 Å². The van der Waals surface area contributed by atoms with Gasteiger partial charge in [0.2, 0.25) is 0 Å². The predicted octanol–water partition coefficient (Wildman–Crippen LogP) is 3.37. The van der Waals surface area contributed by atoms with Crippen molar-refractivity contribution in [3.8, 4) is 0 Å². The second-order valence-corrected chi connectivity index (χ2v) is 5.08. The molecule has 1 atom stereocenters. The fourth-order valence-corrected chi connectivity index (χ4v) is 2.46. The van der Waals surface area contributed by atoms with Gasteiger partial charge in [0.1, 0.15) is 0 Å². The summed E-state index contributed by atoms with van der Waals surface area (Å²) in [5, 5.41) is 3.44. The molecule has 0 amide bonds. The molecule has 0 aromatic carbocycles. The lowest BCUT2D eigenvalue weighted by Crippen LogP contribution is -2.34. The SMILES string of the molecule is CNC(C=C(C)C)C1CCC(C)CC1. The van der Waals surface area contributed by atoms with Gasteiger partial charge in [-0.3, -0.25) is 0 Å². The zero-order valence-electron chi connectivity index (χ0n) is 10.1. The zero-order chi connectivity index (χ0) is 10.6. The molecule has 0 saturated heterocycles. The summed E-state index contributed by atoms with van der Waals surface area (Å²) in [5.74, 6) is 1.82. The minimum Gasteiger partial charge on any atom is -0.313 e. The van der Waals surface area contributed by atoms with E-state index in [4.69, 9.17) is 0 Å². The molecule has 0 aromatic rings. The number of hydrogen-bond acceptors (Lipinski definition) is 1. The average molecular weight is 195 g/mol. The van der Waals surface area contributed by atoms with Gasteiger partial charge in [-0.25, -0.2) is 0 Å². The molecule has 0 bridgehead atoms. The normalized spacial score (nSPS) is 29.7. The Morgan fingerprint density at radius 3 is 2.21 bits per heavy atom. The number of likely N-dealkylation sites (N-methyl/N-ethyl adjacent to an activating group) is 1. The van der Waals surface area contributed by atoms with Gasteiger partial charge in [0.15, 0.2) is 0 Å². The number of nitrogens with one attached hydrogen (secondary N) is 1. The molecule has 0 spiro atoms. The standard InChI is InChI=1S/C13H25N/c1-10(2)9-13(14-4)12-7-5-11(3)6-8-12/h9,11-14H,5-8H2,1-4H3. The maximum absolute atomic E-state index is 3.44. The highest BCUT2D eigenvalue weighted by atomic mass is 14.9. The molecule has 0 aliphatic heterocycles. The first-order valence-electron chi connectivity index (χ1n) is 5.95. The van der Waals surface area contributed by atoms with E-state index in [-0.39, 0.29) is 0 Å². The highest BCUT2D eigenvalue weighted by Gasteiger charge is 2.23. The Morgan fingerprint density at radius 1 is 1.21 bits per heavy atom. The van der Waals surface area contributed by atoms with Gasteiger partial charge in [0.25, 0.3) is 0 Å². The highest BCUT2D eigenvalue weighted by Crippen LogP contribution is 2.30. The van der Waals surface area contributed by atoms with Gasteiger partial charge in [0, 0.05) is 6.04 Å². The summed E-state index contributed by atoms with van der Waals surface area (Å²) in [6.45, 7) is 6.76. The van der Waals surface area contributed by atoms with Gasteiger partial charge < -0.3 is 5.32 Å². The molecule has 1 unspecified atom stereocenters. The molecule has 1 heteroatoms. The van der Waals surface area contributed by atoms with Crippen LogP contribution in [0.15, 0.2) is 11.6 Å². The molecule has 0 heterocycles. The van der Waals surface area contributed by atoms with Gasteiger partial charge in [-0.15, -0.1) is 0 Å². The lowest BCUT2D eigenvalue weighted by atomic mass is 9.79. The maximum atomic E-state index is 3.44. The second kappa shape index (κ2) is 5.55. The summed E-state index contributed by atoms with van der Waals surface area (Å²) in [5.41, 5.74) is 1.43. The highest BCUT2D eigenvalue weighted by molar-refractivity contribution is 5.03. The minimum absolute atomic E-state index is 0.604. The average Bonchev–Trinajstić information content (AvgIpc) is 2.15. The van der Waals surface area contributed by atoms with Crippen molar-refractivity contribution in [2.75, 3.05) is 7.05 Å². The monoisotopic (exact) mass is 195 g/mol. The molecule has 82 valence electrons. The van der Waals surface area contributed by atoms with Crippen molar-refractivity contribution in [1.29, 1.82) is 0 Å². The first-order chi connectivity index (χ1) is 6.63. The largest absolute Gasteiger partial charge is 0.313 e. The van der Waals surface area contributed by atoms with Crippen LogP contribution in [0.1, 0.15) is 46.5 Å². The van der Waals surface area contributed by atoms with E-state index in [9.17, 15) is 0 Å². The molecular formula is C13H25N. The van der Waals surface area contributed by atoms with Crippen LogP contribution in [0, 0.1) is 11.8 Å². The first kappa shape index (κ1) is 11.8. The predicted molar refractivity (Wildman–Crippen MR) is 63.4 cm³/mol. The van der Waals surface area contributed by atoms with Gasteiger partial charge in [0.05, 0.1) is 0 Å². The maximum Gasteiger partial charge on any atom is 0.0277 e. The van der Waals surface area contributed by atoms with E-state index in [1.165, 1.54) is 31.3 Å². The van der Waals surface area contributed by atoms with Crippen LogP contribution in [0.2, 0.25) is 0 Å². The van der Waals surface area contributed by atoms with Crippen molar-refractivity contribution >= 4 is 0 Å². The Bertz CT molecular complexity index is 183. The lowest BCUT2D eigenvalue weighted by Gasteiger charge is -2.31. The van der Waals surface area contributed by atoms with Crippen LogP contribution >= 0.6 is 0 Å². The fraction of sp³-hybridized carbons (Fsp3) is 0.846. The molecule has 1 fully saturated rings. The van der Waals surface area contributed by atoms with E-state index in [0.717, 1.165) is 11.8 Å². The van der Waals surface area contributed by atoms with E-state index in [1.54, 1.807) is 0 Å². The van der Waals surface area contributed by atoms with Crippen molar-refractivity contribution in [2.24, 2.45) is 11.8 Å². The molecule has 14 heavy (non-hydrogen) atoms. The Balaban J connectivity index is 2.49. The minimum atomic E-state index is 0.604. The summed E-state index contributed by atoms with van der Waals surface area (Å²) in [6, 6.07) is 0.604. The van der Waals surface area contributed by atoms with Crippen molar-refractivity contribution < 1.29 is 0 Å². The molecule has 0 radical (unpaired) electrons. The number of hydrogen-bond donors (Lipinski definition) is 1. The zero-order valence-corrected chi connectivity index (χ0v) is 10.1. The van der Waals surface area contributed by atoms with Crippen LogP contribution < -0.4 is 5.32 Å².